The van der Waals surface area contributed by atoms with E-state index in [1.54, 1.807) is 4.90 Å². The summed E-state index contributed by atoms with van der Waals surface area (Å²) < 4.78 is 27.0. The summed E-state index contributed by atoms with van der Waals surface area (Å²) >= 11 is 0. The molecule has 128 valence electrons. The van der Waals surface area contributed by atoms with Crippen LogP contribution in [0.4, 0.5) is 14.5 Å². The molecule has 24 heavy (non-hydrogen) atoms. The third-order valence-corrected chi connectivity index (χ3v) is 3.58. The van der Waals surface area contributed by atoms with Crippen molar-refractivity contribution in [1.82, 2.24) is 5.32 Å². The van der Waals surface area contributed by atoms with Crippen LogP contribution >= 0.6 is 0 Å². The first kappa shape index (κ1) is 17.9. The maximum absolute atomic E-state index is 13.5. The van der Waals surface area contributed by atoms with Crippen LogP contribution in [0.2, 0.25) is 0 Å². The third kappa shape index (κ3) is 5.03. The molecule has 0 unspecified atom stereocenters. The molecule has 0 aromatic heterocycles. The second-order valence-electron chi connectivity index (χ2n) is 5.28. The van der Waals surface area contributed by atoms with E-state index in [9.17, 15) is 13.6 Å². The summed E-state index contributed by atoms with van der Waals surface area (Å²) in [5, 5.41) is 11.8. The fourth-order valence-corrected chi connectivity index (χ4v) is 2.39. The smallest absolute Gasteiger partial charge is 0.239 e. The largest absolute Gasteiger partial charge is 0.395 e. The van der Waals surface area contributed by atoms with Crippen molar-refractivity contribution >= 4 is 11.6 Å². The van der Waals surface area contributed by atoms with Crippen molar-refractivity contribution in [3.8, 4) is 0 Å². The van der Waals surface area contributed by atoms with Crippen LogP contribution in [0.1, 0.15) is 5.56 Å². The lowest BCUT2D eigenvalue weighted by atomic mass is 10.1. The zero-order valence-electron chi connectivity index (χ0n) is 13.2. The molecule has 0 aliphatic carbocycles. The molecule has 0 saturated heterocycles. The van der Waals surface area contributed by atoms with Gasteiger partial charge in [0.15, 0.2) is 0 Å². The Bertz CT molecular complexity index is 645. The second-order valence-corrected chi connectivity index (χ2v) is 5.28. The Hall–Kier alpha value is -2.47. The molecule has 2 aromatic carbocycles. The molecule has 0 spiro atoms. The topological polar surface area (TPSA) is 52.6 Å². The van der Waals surface area contributed by atoms with Gasteiger partial charge in [-0.2, -0.15) is 0 Å². The number of rotatable bonds is 8. The van der Waals surface area contributed by atoms with Gasteiger partial charge in [0.05, 0.1) is 13.2 Å². The van der Waals surface area contributed by atoms with Crippen molar-refractivity contribution < 1.29 is 18.7 Å². The molecule has 2 rings (SSSR count). The Balaban J connectivity index is 1.87. The van der Waals surface area contributed by atoms with E-state index >= 15 is 0 Å². The number of hydrogen-bond acceptors (Lipinski definition) is 3. The van der Waals surface area contributed by atoms with Crippen LogP contribution in [-0.4, -0.2) is 37.3 Å². The van der Waals surface area contributed by atoms with Crippen LogP contribution in [0.3, 0.4) is 0 Å². The number of nitrogens with zero attached hydrogens (tertiary/aromatic N) is 1. The number of aliphatic hydroxyl groups excluding tert-OH is 1. The molecule has 2 N–H and O–H groups in total. The molecular formula is C18H20F2N2O2. The number of halogens is 2. The van der Waals surface area contributed by atoms with E-state index in [2.05, 4.69) is 5.32 Å². The highest BCUT2D eigenvalue weighted by Gasteiger charge is 2.12. The maximum Gasteiger partial charge on any atom is 0.239 e. The highest BCUT2D eigenvalue weighted by molar-refractivity contribution is 5.81. The monoisotopic (exact) mass is 334 g/mol. The van der Waals surface area contributed by atoms with Crippen LogP contribution < -0.4 is 10.2 Å². The Morgan fingerprint density at radius 2 is 1.71 bits per heavy atom. The third-order valence-electron chi connectivity index (χ3n) is 3.58. The molecule has 0 heterocycles. The molecule has 0 radical (unpaired) electrons. The van der Waals surface area contributed by atoms with Crippen molar-refractivity contribution in [3.05, 3.63) is 65.7 Å². The van der Waals surface area contributed by atoms with Crippen LogP contribution in [0.5, 0.6) is 0 Å². The maximum atomic E-state index is 13.5. The average Bonchev–Trinajstić information content (AvgIpc) is 2.58. The van der Waals surface area contributed by atoms with Gasteiger partial charge in [-0.05, 0) is 30.7 Å². The Labute approximate surface area is 139 Å². The lowest BCUT2D eigenvalue weighted by Crippen LogP contribution is -2.39. The predicted molar refractivity (Wildman–Crippen MR) is 88.8 cm³/mol. The molecule has 2 aromatic rings. The number of aliphatic hydroxyl groups is 1. The standard InChI is InChI=1S/C18H20F2N2O2/c19-16-7-4-8-17(20)15(16)9-10-21-18(24)13-22(11-12-23)14-5-2-1-3-6-14/h1-8,23H,9-13H2,(H,21,24). The number of carbonyl (C=O) groups is 1. The summed E-state index contributed by atoms with van der Waals surface area (Å²) in [5.74, 6) is -1.50. The van der Waals surface area contributed by atoms with Crippen molar-refractivity contribution in [2.45, 2.75) is 6.42 Å². The summed E-state index contributed by atoms with van der Waals surface area (Å²) in [6.07, 6.45) is 0.0790. The number of hydrogen-bond donors (Lipinski definition) is 2. The van der Waals surface area contributed by atoms with Crippen LogP contribution in [0.15, 0.2) is 48.5 Å². The van der Waals surface area contributed by atoms with E-state index in [0.717, 1.165) is 5.69 Å². The van der Waals surface area contributed by atoms with Gasteiger partial charge >= 0.3 is 0 Å². The first-order chi connectivity index (χ1) is 11.6. The Morgan fingerprint density at radius 3 is 2.33 bits per heavy atom. The molecule has 4 nitrogen and oxygen atoms in total. The minimum Gasteiger partial charge on any atom is -0.395 e. The van der Waals surface area contributed by atoms with Crippen molar-refractivity contribution in [1.29, 1.82) is 0 Å². The van der Waals surface area contributed by atoms with Crippen molar-refractivity contribution in [2.75, 3.05) is 31.1 Å². The van der Waals surface area contributed by atoms with Crippen molar-refractivity contribution in [2.24, 2.45) is 0 Å². The highest BCUT2D eigenvalue weighted by Crippen LogP contribution is 2.13. The van der Waals surface area contributed by atoms with Gasteiger partial charge in [0.25, 0.3) is 0 Å². The molecule has 0 atom stereocenters. The Kier molecular flexibility index (Phi) is 6.69. The van der Waals surface area contributed by atoms with Crippen LogP contribution in [0.25, 0.3) is 0 Å². The SMILES string of the molecule is O=C(CN(CCO)c1ccccc1)NCCc1c(F)cccc1F. The summed E-state index contributed by atoms with van der Waals surface area (Å²) in [6, 6.07) is 12.9. The molecule has 0 fully saturated rings. The molecule has 0 aliphatic rings. The van der Waals surface area contributed by atoms with E-state index < -0.39 is 11.6 Å². The van der Waals surface area contributed by atoms with E-state index in [0.29, 0.717) is 6.54 Å². The zero-order chi connectivity index (χ0) is 17.4. The van der Waals surface area contributed by atoms with Gasteiger partial charge in [-0.1, -0.05) is 24.3 Å². The summed E-state index contributed by atoms with van der Waals surface area (Å²) in [6.45, 7) is 0.435. The van der Waals surface area contributed by atoms with Gasteiger partial charge in [-0.3, -0.25) is 4.79 Å². The van der Waals surface area contributed by atoms with Gasteiger partial charge in [0.2, 0.25) is 5.91 Å². The van der Waals surface area contributed by atoms with Crippen LogP contribution in [0, 0.1) is 11.6 Å². The predicted octanol–water partition coefficient (Wildman–Crippen LogP) is 2.12. The number of benzene rings is 2. The Morgan fingerprint density at radius 1 is 1.04 bits per heavy atom. The summed E-state index contributed by atoms with van der Waals surface area (Å²) in [5.41, 5.74) is 0.787. The van der Waals surface area contributed by atoms with E-state index in [-0.39, 0.29) is 37.6 Å². The van der Waals surface area contributed by atoms with Gasteiger partial charge in [-0.25, -0.2) is 8.78 Å². The summed E-state index contributed by atoms with van der Waals surface area (Å²) in [7, 11) is 0. The van der Waals surface area contributed by atoms with Crippen molar-refractivity contribution in [3.63, 3.8) is 0 Å². The lowest BCUT2D eigenvalue weighted by molar-refractivity contribution is -0.119. The van der Waals surface area contributed by atoms with E-state index in [1.165, 1.54) is 18.2 Å². The minimum absolute atomic E-state index is 0.0342. The molecular weight excluding hydrogens is 314 g/mol. The fourth-order valence-electron chi connectivity index (χ4n) is 2.39. The van der Waals surface area contributed by atoms with Crippen LogP contribution in [-0.2, 0) is 11.2 Å². The molecule has 0 aliphatic heterocycles. The molecule has 6 heteroatoms. The first-order valence-corrected chi connectivity index (χ1v) is 7.72. The van der Waals surface area contributed by atoms with Gasteiger partial charge in [-0.15, -0.1) is 0 Å². The van der Waals surface area contributed by atoms with Gasteiger partial charge in [0.1, 0.15) is 11.6 Å². The zero-order valence-corrected chi connectivity index (χ0v) is 13.2. The minimum atomic E-state index is -0.615. The van der Waals surface area contributed by atoms with E-state index in [4.69, 9.17) is 5.11 Å². The molecule has 1 amide bonds. The number of anilines is 1. The van der Waals surface area contributed by atoms with Gasteiger partial charge in [0, 0.05) is 24.3 Å². The number of para-hydroxylation sites is 1. The van der Waals surface area contributed by atoms with E-state index in [1.807, 2.05) is 30.3 Å². The molecule has 0 saturated carbocycles. The second kappa shape index (κ2) is 8.98. The quantitative estimate of drug-likeness (QED) is 0.778. The van der Waals surface area contributed by atoms with Gasteiger partial charge < -0.3 is 15.3 Å². The average molecular weight is 334 g/mol. The number of carbonyl (C=O) groups excluding carboxylic acids is 1. The highest BCUT2D eigenvalue weighted by atomic mass is 19.1. The molecule has 0 bridgehead atoms. The first-order valence-electron chi connectivity index (χ1n) is 7.72. The summed E-state index contributed by atoms with van der Waals surface area (Å²) in [4.78, 5) is 13.8. The lowest BCUT2D eigenvalue weighted by Gasteiger charge is -2.23. The fraction of sp³-hybridized carbons (Fsp3) is 0.278. The normalized spacial score (nSPS) is 10.5. The number of amides is 1. The number of nitrogens with one attached hydrogen (secondary N) is 1.